The molecular weight excluding hydrogens is 270 g/mol. The number of amides is 1. The fourth-order valence-corrected chi connectivity index (χ4v) is 3.90. The van der Waals surface area contributed by atoms with E-state index in [2.05, 4.69) is 17.4 Å². The van der Waals surface area contributed by atoms with Gasteiger partial charge >= 0.3 is 5.97 Å². The average molecular weight is 295 g/mol. The second-order valence-corrected chi connectivity index (χ2v) is 7.40. The van der Waals surface area contributed by atoms with Crippen LogP contribution in [-0.2, 0) is 14.3 Å². The van der Waals surface area contributed by atoms with Gasteiger partial charge in [-0.05, 0) is 26.8 Å². The number of hydrazine groups is 1. The molecule has 0 radical (unpaired) electrons. The summed E-state index contributed by atoms with van der Waals surface area (Å²) in [5.74, 6) is -0.390. The Morgan fingerprint density at radius 3 is 2.24 bits per heavy atom. The second-order valence-electron chi connectivity index (χ2n) is 7.40. The Labute approximate surface area is 125 Å². The van der Waals surface area contributed by atoms with Crippen molar-refractivity contribution in [2.24, 2.45) is 10.8 Å². The summed E-state index contributed by atoms with van der Waals surface area (Å²) in [6.07, 6.45) is 1.33. The van der Waals surface area contributed by atoms with Crippen molar-refractivity contribution in [1.29, 1.82) is 0 Å². The molecule has 21 heavy (non-hydrogen) atoms. The number of nitrogens with one attached hydrogen (secondary N) is 1. The topological polar surface area (TPSA) is 61.9 Å². The normalized spacial score (nSPS) is 39.3. The molecule has 0 spiro atoms. The van der Waals surface area contributed by atoms with Gasteiger partial charge in [-0.25, -0.2) is 5.01 Å². The lowest BCUT2D eigenvalue weighted by atomic mass is 9.66. The molecule has 2 aliphatic heterocycles. The van der Waals surface area contributed by atoms with Crippen LogP contribution in [0.2, 0.25) is 0 Å². The third-order valence-electron chi connectivity index (χ3n) is 6.21. The van der Waals surface area contributed by atoms with Gasteiger partial charge in [0.2, 0.25) is 0 Å². The molecule has 0 aromatic heterocycles. The Hall–Kier alpha value is -1.14. The molecule has 2 saturated heterocycles. The van der Waals surface area contributed by atoms with Crippen molar-refractivity contribution in [3.05, 3.63) is 0 Å². The number of fused-ring (bicyclic) bond motifs is 2. The highest BCUT2D eigenvalue weighted by atomic mass is 16.6. The highest BCUT2D eigenvalue weighted by molar-refractivity contribution is 5.96. The highest BCUT2D eigenvalue weighted by Crippen LogP contribution is 2.65. The van der Waals surface area contributed by atoms with Crippen molar-refractivity contribution in [3.63, 3.8) is 0 Å². The van der Waals surface area contributed by atoms with Crippen molar-refractivity contribution in [2.75, 3.05) is 33.2 Å². The first-order valence-corrected chi connectivity index (χ1v) is 7.71. The van der Waals surface area contributed by atoms with E-state index in [9.17, 15) is 9.59 Å². The predicted octanol–water partition coefficient (Wildman–Crippen LogP) is 0.387. The highest BCUT2D eigenvalue weighted by Gasteiger charge is 2.75. The molecule has 6 heteroatoms. The van der Waals surface area contributed by atoms with Crippen LogP contribution in [-0.4, -0.2) is 60.6 Å². The Kier molecular flexibility index (Phi) is 3.12. The van der Waals surface area contributed by atoms with Crippen LogP contribution >= 0.6 is 0 Å². The van der Waals surface area contributed by atoms with E-state index in [4.69, 9.17) is 4.74 Å². The standard InChI is InChI=1S/C15H25N3O3/c1-13(2)14(3)5-6-15(13,21-12(14)20)11(19)16-18-9-7-17(4)8-10-18/h5-10H2,1-4H3,(H,16,19). The van der Waals surface area contributed by atoms with Crippen molar-refractivity contribution in [3.8, 4) is 0 Å². The van der Waals surface area contributed by atoms with Gasteiger partial charge in [0.15, 0.2) is 5.60 Å². The summed E-state index contributed by atoms with van der Waals surface area (Å²) in [5, 5.41) is 1.94. The number of esters is 1. The van der Waals surface area contributed by atoms with Gasteiger partial charge in [-0.3, -0.25) is 15.0 Å². The number of hydrogen-bond donors (Lipinski definition) is 1. The van der Waals surface area contributed by atoms with E-state index < -0.39 is 16.4 Å². The van der Waals surface area contributed by atoms with Gasteiger partial charge in [0, 0.05) is 31.6 Å². The van der Waals surface area contributed by atoms with E-state index in [-0.39, 0.29) is 11.9 Å². The summed E-state index contributed by atoms with van der Waals surface area (Å²) in [4.78, 5) is 27.3. The summed E-state index contributed by atoms with van der Waals surface area (Å²) in [6.45, 7) is 9.33. The molecule has 2 atom stereocenters. The van der Waals surface area contributed by atoms with Crippen LogP contribution in [0, 0.1) is 10.8 Å². The van der Waals surface area contributed by atoms with Gasteiger partial charge in [0.25, 0.3) is 5.91 Å². The summed E-state index contributed by atoms with van der Waals surface area (Å²) >= 11 is 0. The molecule has 2 heterocycles. The number of ether oxygens (including phenoxy) is 1. The van der Waals surface area contributed by atoms with E-state index in [1.54, 1.807) is 0 Å². The number of carbonyl (C=O) groups excluding carboxylic acids is 2. The number of carbonyl (C=O) groups is 2. The first-order chi connectivity index (χ1) is 9.73. The monoisotopic (exact) mass is 295 g/mol. The first kappa shape index (κ1) is 14.8. The molecule has 1 aliphatic carbocycles. The van der Waals surface area contributed by atoms with E-state index in [1.165, 1.54) is 0 Å². The van der Waals surface area contributed by atoms with Gasteiger partial charge < -0.3 is 9.64 Å². The molecule has 3 rings (SSSR count). The minimum Gasteiger partial charge on any atom is -0.448 e. The van der Waals surface area contributed by atoms with Gasteiger partial charge in [0.1, 0.15) is 0 Å². The lowest BCUT2D eigenvalue weighted by Gasteiger charge is -2.38. The van der Waals surface area contributed by atoms with Crippen LogP contribution in [0.4, 0.5) is 0 Å². The fraction of sp³-hybridized carbons (Fsp3) is 0.867. The number of likely N-dealkylation sites (N-methyl/N-ethyl adjacent to an activating group) is 1. The molecule has 0 aromatic rings. The van der Waals surface area contributed by atoms with Crippen molar-refractivity contribution in [2.45, 2.75) is 39.2 Å². The second kappa shape index (κ2) is 4.43. The lowest BCUT2D eigenvalue weighted by molar-refractivity contribution is -0.171. The average Bonchev–Trinajstić information content (AvgIpc) is 2.72. The van der Waals surface area contributed by atoms with E-state index in [1.807, 2.05) is 25.8 Å². The molecule has 6 nitrogen and oxygen atoms in total. The molecule has 0 aromatic carbocycles. The molecule has 2 bridgehead atoms. The number of nitrogens with zero attached hydrogens (tertiary/aromatic N) is 2. The molecule has 3 fully saturated rings. The van der Waals surface area contributed by atoms with Gasteiger partial charge in [-0.2, -0.15) is 0 Å². The van der Waals surface area contributed by atoms with Gasteiger partial charge in [0.05, 0.1) is 5.41 Å². The van der Waals surface area contributed by atoms with E-state index in [0.717, 1.165) is 32.6 Å². The zero-order valence-corrected chi connectivity index (χ0v) is 13.4. The molecule has 1 N–H and O–H groups in total. The maximum Gasteiger partial charge on any atom is 0.313 e. The van der Waals surface area contributed by atoms with E-state index >= 15 is 0 Å². The minimum atomic E-state index is -1.01. The van der Waals surface area contributed by atoms with Crippen molar-refractivity contribution < 1.29 is 14.3 Å². The molecule has 2 unspecified atom stereocenters. The Bertz CT molecular complexity index is 485. The van der Waals surface area contributed by atoms with Crippen LogP contribution < -0.4 is 5.43 Å². The maximum absolute atomic E-state index is 12.8. The van der Waals surface area contributed by atoms with Gasteiger partial charge in [-0.15, -0.1) is 0 Å². The molecule has 118 valence electrons. The zero-order chi connectivity index (χ0) is 15.5. The first-order valence-electron chi connectivity index (χ1n) is 7.71. The molecule has 1 saturated carbocycles. The fourth-order valence-electron chi connectivity index (χ4n) is 3.90. The van der Waals surface area contributed by atoms with Crippen molar-refractivity contribution >= 4 is 11.9 Å². The lowest BCUT2D eigenvalue weighted by Crippen LogP contribution is -2.60. The predicted molar refractivity (Wildman–Crippen MR) is 77.2 cm³/mol. The smallest absolute Gasteiger partial charge is 0.313 e. The largest absolute Gasteiger partial charge is 0.448 e. The number of rotatable bonds is 2. The summed E-state index contributed by atoms with van der Waals surface area (Å²) in [5.41, 5.74) is 0.944. The van der Waals surface area contributed by atoms with Crippen LogP contribution in [0.5, 0.6) is 0 Å². The van der Waals surface area contributed by atoms with Gasteiger partial charge in [-0.1, -0.05) is 13.8 Å². The van der Waals surface area contributed by atoms with Crippen molar-refractivity contribution in [1.82, 2.24) is 15.3 Å². The Morgan fingerprint density at radius 1 is 1.14 bits per heavy atom. The maximum atomic E-state index is 12.8. The molecule has 1 amide bonds. The Morgan fingerprint density at radius 2 is 1.76 bits per heavy atom. The van der Waals surface area contributed by atoms with Crippen LogP contribution in [0.1, 0.15) is 33.6 Å². The summed E-state index contributed by atoms with van der Waals surface area (Å²) < 4.78 is 5.60. The summed E-state index contributed by atoms with van der Waals surface area (Å²) in [6, 6.07) is 0. The quantitative estimate of drug-likeness (QED) is 0.747. The molecule has 3 aliphatic rings. The van der Waals surface area contributed by atoms with E-state index in [0.29, 0.717) is 6.42 Å². The third-order valence-corrected chi connectivity index (χ3v) is 6.21. The van der Waals surface area contributed by atoms with Crippen LogP contribution in [0.25, 0.3) is 0 Å². The SMILES string of the molecule is CN1CCN(NC(=O)C23CCC(C)(C(=O)O2)C3(C)C)CC1. The molecular formula is C15H25N3O3. The Balaban J connectivity index is 1.77. The number of piperazine rings is 1. The third kappa shape index (κ3) is 1.78. The van der Waals surface area contributed by atoms with Crippen LogP contribution in [0.15, 0.2) is 0 Å². The summed E-state index contributed by atoms with van der Waals surface area (Å²) in [7, 11) is 2.07. The zero-order valence-electron chi connectivity index (χ0n) is 13.4. The van der Waals surface area contributed by atoms with Crippen LogP contribution in [0.3, 0.4) is 0 Å². The number of hydrogen-bond acceptors (Lipinski definition) is 5. The minimum absolute atomic E-state index is 0.161.